The molecule has 1 unspecified atom stereocenters. The van der Waals surface area contributed by atoms with Crippen LogP contribution in [0.1, 0.15) is 59.8 Å². The number of alkyl halides is 3. The Balaban J connectivity index is 1.69. The molecular weight excluding hydrogens is 369 g/mol. The van der Waals surface area contributed by atoms with Crippen LogP contribution in [0.2, 0.25) is 0 Å². The van der Waals surface area contributed by atoms with Gasteiger partial charge in [0.25, 0.3) is 5.56 Å². The summed E-state index contributed by atoms with van der Waals surface area (Å²) in [5.74, 6) is 0.500. The highest BCUT2D eigenvalue weighted by molar-refractivity contribution is 5.96. The van der Waals surface area contributed by atoms with Crippen molar-refractivity contribution >= 4 is 5.78 Å². The van der Waals surface area contributed by atoms with Gasteiger partial charge in [0.15, 0.2) is 5.78 Å². The minimum absolute atomic E-state index is 0.0436. The number of carbonyl (C=O) groups is 1. The van der Waals surface area contributed by atoms with E-state index in [-0.39, 0.29) is 11.7 Å². The van der Waals surface area contributed by atoms with Gasteiger partial charge < -0.3 is 0 Å². The van der Waals surface area contributed by atoms with E-state index in [1.54, 1.807) is 0 Å². The molecule has 0 N–H and O–H groups in total. The van der Waals surface area contributed by atoms with Crippen molar-refractivity contribution in [2.45, 2.75) is 58.2 Å². The van der Waals surface area contributed by atoms with E-state index in [1.807, 2.05) is 24.3 Å². The molecular formula is C21H23F3N2O2. The van der Waals surface area contributed by atoms with Crippen LogP contribution in [0, 0.1) is 5.92 Å². The molecule has 1 aromatic carbocycles. The van der Waals surface area contributed by atoms with Gasteiger partial charge in [-0.1, -0.05) is 38.1 Å². The zero-order valence-electron chi connectivity index (χ0n) is 15.9. The van der Waals surface area contributed by atoms with E-state index in [4.69, 9.17) is 0 Å². The van der Waals surface area contributed by atoms with Gasteiger partial charge >= 0.3 is 6.18 Å². The summed E-state index contributed by atoms with van der Waals surface area (Å²) in [5, 5.41) is 3.90. The fraction of sp³-hybridized carbons (Fsp3) is 0.476. The van der Waals surface area contributed by atoms with Crippen LogP contribution in [0.3, 0.4) is 0 Å². The monoisotopic (exact) mass is 392 g/mol. The number of rotatable bonds is 5. The zero-order valence-corrected chi connectivity index (χ0v) is 15.9. The number of hydrogen-bond donors (Lipinski definition) is 0. The SMILES string of the molecule is CC(C)c1ccc(C(=O)CC2CCc3nn(CC(F)(F)F)c(=O)cc3C2)cc1. The maximum absolute atomic E-state index is 12.6. The van der Waals surface area contributed by atoms with E-state index in [2.05, 4.69) is 18.9 Å². The molecule has 1 aliphatic rings. The van der Waals surface area contributed by atoms with Crippen LogP contribution in [0.5, 0.6) is 0 Å². The lowest BCUT2D eigenvalue weighted by Gasteiger charge is -2.24. The molecule has 1 atom stereocenters. The Hall–Kier alpha value is -2.44. The van der Waals surface area contributed by atoms with Crippen LogP contribution in [0.25, 0.3) is 0 Å². The molecule has 2 aromatic rings. The van der Waals surface area contributed by atoms with Gasteiger partial charge in [-0.15, -0.1) is 0 Å². The van der Waals surface area contributed by atoms with Crippen molar-refractivity contribution in [2.75, 3.05) is 0 Å². The number of fused-ring (bicyclic) bond motifs is 1. The van der Waals surface area contributed by atoms with Crippen LogP contribution in [-0.2, 0) is 19.4 Å². The Labute approximate surface area is 161 Å². The molecule has 0 saturated heterocycles. The van der Waals surface area contributed by atoms with Gasteiger partial charge in [0.1, 0.15) is 6.54 Å². The summed E-state index contributed by atoms with van der Waals surface area (Å²) >= 11 is 0. The molecule has 7 heteroatoms. The molecule has 1 aromatic heterocycles. The first-order valence-electron chi connectivity index (χ1n) is 9.42. The molecule has 150 valence electrons. The lowest BCUT2D eigenvalue weighted by molar-refractivity contribution is -0.143. The smallest absolute Gasteiger partial charge is 0.294 e. The van der Waals surface area contributed by atoms with E-state index in [1.165, 1.54) is 11.6 Å². The summed E-state index contributed by atoms with van der Waals surface area (Å²) < 4.78 is 38.1. The summed E-state index contributed by atoms with van der Waals surface area (Å²) in [6, 6.07) is 8.84. The fourth-order valence-corrected chi connectivity index (χ4v) is 3.60. The van der Waals surface area contributed by atoms with Crippen LogP contribution < -0.4 is 5.56 Å². The van der Waals surface area contributed by atoms with Gasteiger partial charge in [-0.3, -0.25) is 9.59 Å². The molecule has 1 heterocycles. The highest BCUT2D eigenvalue weighted by Gasteiger charge is 2.30. The number of hydrogen-bond acceptors (Lipinski definition) is 3. The van der Waals surface area contributed by atoms with Crippen molar-refractivity contribution in [1.29, 1.82) is 0 Å². The minimum Gasteiger partial charge on any atom is -0.294 e. The molecule has 1 aliphatic carbocycles. The zero-order chi connectivity index (χ0) is 20.5. The number of halogens is 3. The summed E-state index contributed by atoms with van der Waals surface area (Å²) in [4.78, 5) is 24.5. The Morgan fingerprint density at radius 1 is 1.25 bits per heavy atom. The first-order chi connectivity index (χ1) is 13.1. The van der Waals surface area contributed by atoms with Gasteiger partial charge in [-0.25, -0.2) is 4.68 Å². The van der Waals surface area contributed by atoms with Gasteiger partial charge in [0.05, 0.1) is 5.69 Å². The van der Waals surface area contributed by atoms with E-state index >= 15 is 0 Å². The van der Waals surface area contributed by atoms with Gasteiger partial charge in [0.2, 0.25) is 0 Å². The predicted octanol–water partition coefficient (Wildman–Crippen LogP) is 4.31. The quantitative estimate of drug-likeness (QED) is 0.713. The summed E-state index contributed by atoms with van der Waals surface area (Å²) in [7, 11) is 0. The average molecular weight is 392 g/mol. The fourth-order valence-electron chi connectivity index (χ4n) is 3.60. The Morgan fingerprint density at radius 3 is 2.54 bits per heavy atom. The molecule has 0 fully saturated rings. The average Bonchev–Trinajstić information content (AvgIpc) is 2.61. The standard InChI is InChI=1S/C21H23F3N2O2/c1-13(2)15-4-6-16(7-5-15)19(27)10-14-3-8-18-17(9-14)11-20(28)26(25-18)12-21(22,23)24/h4-7,11,13-14H,3,8-10,12H2,1-2H3. The summed E-state index contributed by atoms with van der Waals surface area (Å²) in [6.07, 6.45) is -2.51. The number of aryl methyl sites for hydroxylation is 1. The van der Waals surface area contributed by atoms with E-state index in [0.29, 0.717) is 53.1 Å². The normalized spacial score (nSPS) is 16.9. The van der Waals surface area contributed by atoms with Crippen molar-refractivity contribution < 1.29 is 18.0 Å². The van der Waals surface area contributed by atoms with Gasteiger partial charge in [0, 0.05) is 18.1 Å². The first kappa shape index (κ1) is 20.3. The Morgan fingerprint density at radius 2 is 1.93 bits per heavy atom. The van der Waals surface area contributed by atoms with Crippen molar-refractivity contribution in [3.05, 3.63) is 63.1 Å². The topological polar surface area (TPSA) is 52.0 Å². The summed E-state index contributed by atoms with van der Waals surface area (Å²) in [5.41, 5.74) is 2.25. The second-order valence-electron chi connectivity index (χ2n) is 7.74. The van der Waals surface area contributed by atoms with Crippen molar-refractivity contribution in [2.24, 2.45) is 5.92 Å². The molecule has 0 aliphatic heterocycles. The molecule has 0 amide bonds. The molecule has 0 bridgehead atoms. The molecule has 0 spiro atoms. The van der Waals surface area contributed by atoms with Crippen LogP contribution in [0.15, 0.2) is 35.1 Å². The number of nitrogens with zero attached hydrogens (tertiary/aromatic N) is 2. The van der Waals surface area contributed by atoms with Crippen LogP contribution >= 0.6 is 0 Å². The predicted molar refractivity (Wildman–Crippen MR) is 99.5 cm³/mol. The minimum atomic E-state index is -4.49. The first-order valence-corrected chi connectivity index (χ1v) is 9.42. The molecule has 0 saturated carbocycles. The molecule has 4 nitrogen and oxygen atoms in total. The number of ketones is 1. The second kappa shape index (κ2) is 7.89. The number of aromatic nitrogens is 2. The lowest BCUT2D eigenvalue weighted by Crippen LogP contribution is -2.33. The maximum Gasteiger partial charge on any atom is 0.408 e. The Kier molecular flexibility index (Phi) is 5.72. The molecule has 28 heavy (non-hydrogen) atoms. The highest BCUT2D eigenvalue weighted by atomic mass is 19.4. The van der Waals surface area contributed by atoms with Crippen molar-refractivity contribution in [1.82, 2.24) is 9.78 Å². The highest BCUT2D eigenvalue weighted by Crippen LogP contribution is 2.27. The number of benzene rings is 1. The van der Waals surface area contributed by atoms with Crippen molar-refractivity contribution in [3.63, 3.8) is 0 Å². The third-order valence-electron chi connectivity index (χ3n) is 5.16. The lowest BCUT2D eigenvalue weighted by atomic mass is 9.83. The van der Waals surface area contributed by atoms with Crippen LogP contribution in [-0.4, -0.2) is 21.7 Å². The maximum atomic E-state index is 12.6. The number of carbonyl (C=O) groups excluding carboxylic acids is 1. The third-order valence-corrected chi connectivity index (χ3v) is 5.16. The van der Waals surface area contributed by atoms with Crippen LogP contribution in [0.4, 0.5) is 13.2 Å². The molecule has 0 radical (unpaired) electrons. The van der Waals surface area contributed by atoms with E-state index in [9.17, 15) is 22.8 Å². The van der Waals surface area contributed by atoms with Gasteiger partial charge in [-0.2, -0.15) is 18.3 Å². The Bertz CT molecular complexity index is 915. The van der Waals surface area contributed by atoms with E-state index < -0.39 is 18.3 Å². The third kappa shape index (κ3) is 4.88. The number of Topliss-reactive ketones (excluding diaryl/α,β-unsaturated/α-hetero) is 1. The largest absolute Gasteiger partial charge is 0.408 e. The summed E-state index contributed by atoms with van der Waals surface area (Å²) in [6.45, 7) is 2.80. The van der Waals surface area contributed by atoms with Crippen molar-refractivity contribution in [3.8, 4) is 0 Å². The molecule has 3 rings (SSSR count). The van der Waals surface area contributed by atoms with E-state index in [0.717, 1.165) is 0 Å². The second-order valence-corrected chi connectivity index (χ2v) is 7.74. The van der Waals surface area contributed by atoms with Gasteiger partial charge in [-0.05, 0) is 42.2 Å².